The average Bonchev–Trinajstić information content (AvgIpc) is 2.65. The van der Waals surface area contributed by atoms with Crippen LogP contribution in [0, 0.1) is 0 Å². The molecule has 0 bridgehead atoms. The van der Waals surface area contributed by atoms with Gasteiger partial charge in [-0.3, -0.25) is 0 Å². The quantitative estimate of drug-likeness (QED) is 0.638. The van der Waals surface area contributed by atoms with Crippen molar-refractivity contribution in [1.29, 1.82) is 0 Å². The van der Waals surface area contributed by atoms with Crippen molar-refractivity contribution in [2.45, 2.75) is 0 Å². The zero-order valence-corrected chi connectivity index (χ0v) is 7.84. The Morgan fingerprint density at radius 3 is 2.80 bits per heavy atom. The Hall–Kier alpha value is -2.37. The number of aromatic amines is 1. The number of nitrogens with one attached hydrogen (secondary N) is 1. The number of fused-ring (bicyclic) bond motifs is 1. The number of para-hydroxylation sites is 1. The van der Waals surface area contributed by atoms with Crippen LogP contribution in [0.3, 0.4) is 0 Å². The summed E-state index contributed by atoms with van der Waals surface area (Å²) in [5.41, 5.74) is 5.74. The SMILES string of the molecule is C=CN.O=C(O)c1cccc2n[nH]nc12. The highest BCUT2D eigenvalue weighted by Gasteiger charge is 2.09. The van der Waals surface area contributed by atoms with E-state index in [4.69, 9.17) is 5.11 Å². The number of nitrogens with zero attached hydrogens (tertiary/aromatic N) is 2. The van der Waals surface area contributed by atoms with E-state index in [9.17, 15) is 4.79 Å². The number of hydrogen-bond acceptors (Lipinski definition) is 4. The highest BCUT2D eigenvalue weighted by molar-refractivity contribution is 6.00. The number of aromatic carboxylic acids is 1. The van der Waals surface area contributed by atoms with Crippen molar-refractivity contribution in [3.63, 3.8) is 0 Å². The molecule has 0 aliphatic rings. The molecule has 78 valence electrons. The molecule has 0 aliphatic carbocycles. The fourth-order valence-electron chi connectivity index (χ4n) is 1.04. The number of hydrogen-bond donors (Lipinski definition) is 3. The molecule has 1 aromatic carbocycles. The summed E-state index contributed by atoms with van der Waals surface area (Å²) < 4.78 is 0. The van der Waals surface area contributed by atoms with Crippen LogP contribution in [0.4, 0.5) is 0 Å². The molecular weight excluding hydrogens is 196 g/mol. The van der Waals surface area contributed by atoms with Crippen LogP contribution < -0.4 is 5.73 Å². The van der Waals surface area contributed by atoms with Crippen LogP contribution >= 0.6 is 0 Å². The first-order valence-electron chi connectivity index (χ1n) is 4.06. The number of carboxylic acids is 1. The van der Waals surface area contributed by atoms with Gasteiger partial charge in [-0.15, -0.1) is 0 Å². The predicted octanol–water partition coefficient (Wildman–Crippen LogP) is 0.745. The lowest BCUT2D eigenvalue weighted by atomic mass is 10.2. The van der Waals surface area contributed by atoms with Crippen LogP contribution in [0.25, 0.3) is 11.0 Å². The molecule has 4 N–H and O–H groups in total. The van der Waals surface area contributed by atoms with Crippen LogP contribution in [0.5, 0.6) is 0 Å². The summed E-state index contributed by atoms with van der Waals surface area (Å²) in [5, 5.41) is 18.6. The fraction of sp³-hybridized carbons (Fsp3) is 0. The normalized spacial score (nSPS) is 9.07. The van der Waals surface area contributed by atoms with Crippen molar-refractivity contribution in [2.75, 3.05) is 0 Å². The summed E-state index contributed by atoms with van der Waals surface area (Å²) in [5.74, 6) is -0.991. The van der Waals surface area contributed by atoms with E-state index in [0.717, 1.165) is 0 Å². The Morgan fingerprint density at radius 1 is 1.53 bits per heavy atom. The molecule has 0 aliphatic heterocycles. The van der Waals surface area contributed by atoms with Gasteiger partial charge in [0.25, 0.3) is 0 Å². The van der Waals surface area contributed by atoms with Gasteiger partial charge in [0, 0.05) is 0 Å². The lowest BCUT2D eigenvalue weighted by molar-refractivity contribution is 0.0699. The summed E-state index contributed by atoms with van der Waals surface area (Å²) >= 11 is 0. The second-order valence-electron chi connectivity index (χ2n) is 2.54. The molecule has 6 heteroatoms. The van der Waals surface area contributed by atoms with E-state index in [0.29, 0.717) is 11.0 Å². The molecule has 0 amide bonds. The maximum absolute atomic E-state index is 10.6. The Labute approximate surface area is 85.4 Å². The molecule has 1 heterocycles. The molecule has 2 rings (SSSR count). The topological polar surface area (TPSA) is 105 Å². The van der Waals surface area contributed by atoms with E-state index in [2.05, 4.69) is 27.7 Å². The molecule has 0 saturated carbocycles. The molecule has 0 atom stereocenters. The first-order valence-corrected chi connectivity index (χ1v) is 4.06. The fourth-order valence-corrected chi connectivity index (χ4v) is 1.04. The lowest BCUT2D eigenvalue weighted by Gasteiger charge is -1.91. The highest BCUT2D eigenvalue weighted by atomic mass is 16.4. The molecular formula is C9H10N4O2. The number of carbonyl (C=O) groups is 1. The van der Waals surface area contributed by atoms with E-state index in [-0.39, 0.29) is 5.56 Å². The van der Waals surface area contributed by atoms with Crippen LogP contribution in [0.2, 0.25) is 0 Å². The number of carboxylic acid groups (broad SMARTS) is 1. The third-order valence-electron chi connectivity index (χ3n) is 1.58. The maximum Gasteiger partial charge on any atom is 0.338 e. The zero-order valence-electron chi connectivity index (χ0n) is 7.84. The number of H-pyrrole nitrogens is 1. The Morgan fingerprint density at radius 2 is 2.20 bits per heavy atom. The molecule has 2 aromatic rings. The first-order chi connectivity index (χ1) is 7.20. The largest absolute Gasteiger partial charge is 0.478 e. The van der Waals surface area contributed by atoms with Crippen molar-refractivity contribution in [3.05, 3.63) is 36.5 Å². The van der Waals surface area contributed by atoms with E-state index < -0.39 is 5.97 Å². The number of aromatic nitrogens is 3. The summed E-state index contributed by atoms with van der Waals surface area (Å²) in [4.78, 5) is 10.6. The standard InChI is InChI=1S/C7H5N3O2.C2H5N/c11-7(12)4-2-1-3-5-6(4)9-10-8-5;1-2-3/h1-3H,(H,11,12)(H,8,9,10);2H,1,3H2. The van der Waals surface area contributed by atoms with Gasteiger partial charge in [0.2, 0.25) is 0 Å². The van der Waals surface area contributed by atoms with Crippen molar-refractivity contribution >= 4 is 17.0 Å². The van der Waals surface area contributed by atoms with Crippen LogP contribution in [0.1, 0.15) is 10.4 Å². The van der Waals surface area contributed by atoms with Crippen molar-refractivity contribution in [2.24, 2.45) is 5.73 Å². The minimum Gasteiger partial charge on any atom is -0.478 e. The van der Waals surface area contributed by atoms with Crippen molar-refractivity contribution in [3.8, 4) is 0 Å². The van der Waals surface area contributed by atoms with Crippen LogP contribution in [0.15, 0.2) is 31.0 Å². The molecule has 0 unspecified atom stereocenters. The summed E-state index contributed by atoms with van der Waals surface area (Å²) in [6.07, 6.45) is 1.25. The Bertz CT molecular complexity index is 478. The van der Waals surface area contributed by atoms with E-state index >= 15 is 0 Å². The average molecular weight is 206 g/mol. The molecule has 0 spiro atoms. The Balaban J connectivity index is 0.000000337. The highest BCUT2D eigenvalue weighted by Crippen LogP contribution is 2.12. The predicted molar refractivity (Wildman–Crippen MR) is 55.2 cm³/mol. The summed E-state index contributed by atoms with van der Waals surface area (Å²) in [6, 6.07) is 4.83. The van der Waals surface area contributed by atoms with Gasteiger partial charge in [-0.25, -0.2) is 4.79 Å². The minimum absolute atomic E-state index is 0.168. The van der Waals surface area contributed by atoms with Gasteiger partial charge in [-0.1, -0.05) is 12.6 Å². The Kier molecular flexibility index (Phi) is 3.39. The summed E-state index contributed by atoms with van der Waals surface area (Å²) in [7, 11) is 0. The number of rotatable bonds is 1. The first kappa shape index (κ1) is 10.7. The zero-order chi connectivity index (χ0) is 11.3. The molecule has 6 nitrogen and oxygen atoms in total. The van der Waals surface area contributed by atoms with Crippen molar-refractivity contribution in [1.82, 2.24) is 15.4 Å². The van der Waals surface area contributed by atoms with Gasteiger partial charge in [-0.2, -0.15) is 15.4 Å². The molecule has 0 saturated heterocycles. The van der Waals surface area contributed by atoms with Gasteiger partial charge in [-0.05, 0) is 18.3 Å². The molecule has 1 aromatic heterocycles. The smallest absolute Gasteiger partial charge is 0.338 e. The second kappa shape index (κ2) is 4.75. The second-order valence-corrected chi connectivity index (χ2v) is 2.54. The summed E-state index contributed by atoms with van der Waals surface area (Å²) in [6.45, 7) is 3.14. The van der Waals surface area contributed by atoms with E-state index in [1.807, 2.05) is 0 Å². The van der Waals surface area contributed by atoms with Gasteiger partial charge in [0.05, 0.1) is 5.56 Å². The van der Waals surface area contributed by atoms with Crippen LogP contribution in [-0.4, -0.2) is 26.5 Å². The third kappa shape index (κ3) is 2.31. The number of nitrogens with two attached hydrogens (primary N) is 1. The van der Waals surface area contributed by atoms with Gasteiger partial charge in [0.15, 0.2) is 0 Å². The lowest BCUT2D eigenvalue weighted by Crippen LogP contribution is -1.96. The third-order valence-corrected chi connectivity index (χ3v) is 1.58. The monoisotopic (exact) mass is 206 g/mol. The maximum atomic E-state index is 10.6. The molecule has 0 radical (unpaired) electrons. The van der Waals surface area contributed by atoms with E-state index in [1.165, 1.54) is 12.3 Å². The number of benzene rings is 1. The van der Waals surface area contributed by atoms with Gasteiger partial charge in [0.1, 0.15) is 11.0 Å². The van der Waals surface area contributed by atoms with Gasteiger partial charge >= 0.3 is 5.97 Å². The minimum atomic E-state index is -0.991. The van der Waals surface area contributed by atoms with Crippen LogP contribution in [-0.2, 0) is 0 Å². The molecule has 0 fully saturated rings. The van der Waals surface area contributed by atoms with Crippen molar-refractivity contribution < 1.29 is 9.90 Å². The van der Waals surface area contributed by atoms with E-state index in [1.54, 1.807) is 12.1 Å². The molecule has 15 heavy (non-hydrogen) atoms. The van der Waals surface area contributed by atoms with Gasteiger partial charge < -0.3 is 10.8 Å².